The number of fused-ring (bicyclic) bond motifs is 3. The van der Waals surface area contributed by atoms with Gasteiger partial charge in [0.15, 0.2) is 0 Å². The standard InChI is InChI=1S/C18H14N4O3/c1-10-2-5-14-13(6-10)16-17(21-14)18(25)22(9-19-16)20-8-11-3-4-12(23)7-15(11)24/h2-9,21,23-24H,1H3/b20-8+. The molecule has 4 rings (SSSR count). The van der Waals surface area contributed by atoms with Crippen LogP contribution in [0.25, 0.3) is 21.9 Å². The number of nitrogens with one attached hydrogen (secondary N) is 1. The number of benzene rings is 2. The molecular formula is C18H14N4O3. The van der Waals surface area contributed by atoms with E-state index in [1.54, 1.807) is 0 Å². The Morgan fingerprint density at radius 1 is 1.20 bits per heavy atom. The van der Waals surface area contributed by atoms with E-state index in [0.717, 1.165) is 21.1 Å². The molecule has 124 valence electrons. The molecule has 0 saturated heterocycles. The van der Waals surface area contributed by atoms with Gasteiger partial charge in [-0.3, -0.25) is 4.79 Å². The third kappa shape index (κ3) is 2.51. The number of phenols is 2. The van der Waals surface area contributed by atoms with Gasteiger partial charge in [0.05, 0.1) is 6.21 Å². The van der Waals surface area contributed by atoms with E-state index in [1.807, 2.05) is 25.1 Å². The van der Waals surface area contributed by atoms with E-state index in [-0.39, 0.29) is 17.1 Å². The average Bonchev–Trinajstić information content (AvgIpc) is 2.94. The summed E-state index contributed by atoms with van der Waals surface area (Å²) in [5.41, 5.74) is 2.92. The second-order valence-corrected chi connectivity index (χ2v) is 5.78. The number of hydrogen-bond acceptors (Lipinski definition) is 5. The molecule has 0 bridgehead atoms. The van der Waals surface area contributed by atoms with E-state index in [0.29, 0.717) is 16.6 Å². The molecule has 0 aliphatic carbocycles. The lowest BCUT2D eigenvalue weighted by Crippen LogP contribution is -2.17. The minimum absolute atomic E-state index is 0.0525. The molecule has 0 radical (unpaired) electrons. The number of aromatic nitrogens is 3. The molecule has 0 aliphatic rings. The maximum Gasteiger partial charge on any atom is 0.298 e. The van der Waals surface area contributed by atoms with Gasteiger partial charge in [-0.25, -0.2) is 4.98 Å². The molecule has 3 N–H and O–H groups in total. The summed E-state index contributed by atoms with van der Waals surface area (Å²) in [6.07, 6.45) is 2.67. The fourth-order valence-corrected chi connectivity index (χ4v) is 2.71. The Kier molecular flexibility index (Phi) is 3.28. The summed E-state index contributed by atoms with van der Waals surface area (Å²) in [5, 5.41) is 24.0. The Bertz CT molecular complexity index is 1200. The number of rotatable bonds is 2. The fourth-order valence-electron chi connectivity index (χ4n) is 2.71. The lowest BCUT2D eigenvalue weighted by Gasteiger charge is -2.00. The highest BCUT2D eigenvalue weighted by atomic mass is 16.3. The van der Waals surface area contributed by atoms with Crippen molar-refractivity contribution >= 4 is 28.2 Å². The monoisotopic (exact) mass is 334 g/mol. The summed E-state index contributed by atoms with van der Waals surface area (Å²) in [5.74, 6) is -0.185. The minimum atomic E-state index is -0.339. The summed E-state index contributed by atoms with van der Waals surface area (Å²) >= 11 is 0. The highest BCUT2D eigenvalue weighted by Gasteiger charge is 2.10. The Labute approximate surface area is 141 Å². The van der Waals surface area contributed by atoms with Gasteiger partial charge in [0.1, 0.15) is 28.9 Å². The molecule has 2 heterocycles. The van der Waals surface area contributed by atoms with Gasteiger partial charge >= 0.3 is 0 Å². The fraction of sp³-hybridized carbons (Fsp3) is 0.0556. The van der Waals surface area contributed by atoms with Gasteiger partial charge in [0, 0.05) is 22.5 Å². The lowest BCUT2D eigenvalue weighted by atomic mass is 10.2. The van der Waals surface area contributed by atoms with E-state index in [4.69, 9.17) is 0 Å². The van der Waals surface area contributed by atoms with Crippen LogP contribution in [0.3, 0.4) is 0 Å². The molecule has 0 unspecified atom stereocenters. The zero-order valence-electron chi connectivity index (χ0n) is 13.3. The maximum atomic E-state index is 12.6. The first kappa shape index (κ1) is 14.9. The van der Waals surface area contributed by atoms with Gasteiger partial charge < -0.3 is 15.2 Å². The maximum absolute atomic E-state index is 12.6. The Balaban J connectivity index is 1.83. The van der Waals surface area contributed by atoms with E-state index in [9.17, 15) is 15.0 Å². The number of aromatic amines is 1. The zero-order chi connectivity index (χ0) is 17.6. The van der Waals surface area contributed by atoms with Crippen LogP contribution in [0.2, 0.25) is 0 Å². The summed E-state index contributed by atoms with van der Waals surface area (Å²) in [4.78, 5) is 20.0. The Hall–Kier alpha value is -3.61. The highest BCUT2D eigenvalue weighted by molar-refractivity contribution is 6.04. The molecule has 2 aromatic carbocycles. The lowest BCUT2D eigenvalue weighted by molar-refractivity contribution is 0.450. The smallest absolute Gasteiger partial charge is 0.298 e. The van der Waals surface area contributed by atoms with Crippen LogP contribution in [0.5, 0.6) is 11.5 Å². The SMILES string of the molecule is Cc1ccc2[nH]c3c(=O)n(/N=C/c4ccc(O)cc4O)cnc3c2c1. The van der Waals surface area contributed by atoms with Crippen molar-refractivity contribution in [3.05, 3.63) is 64.2 Å². The van der Waals surface area contributed by atoms with E-state index in [1.165, 1.54) is 30.7 Å². The van der Waals surface area contributed by atoms with Crippen LogP contribution >= 0.6 is 0 Å². The van der Waals surface area contributed by atoms with Crippen molar-refractivity contribution in [1.29, 1.82) is 0 Å². The van der Waals surface area contributed by atoms with Gasteiger partial charge in [-0.2, -0.15) is 9.78 Å². The first-order valence-corrected chi connectivity index (χ1v) is 7.59. The van der Waals surface area contributed by atoms with Crippen LogP contribution in [0.1, 0.15) is 11.1 Å². The number of aryl methyl sites for hydroxylation is 1. The van der Waals surface area contributed by atoms with Crippen molar-refractivity contribution < 1.29 is 10.2 Å². The molecule has 2 aromatic heterocycles. The molecule has 25 heavy (non-hydrogen) atoms. The number of nitrogens with zero attached hydrogens (tertiary/aromatic N) is 3. The average molecular weight is 334 g/mol. The predicted molar refractivity (Wildman–Crippen MR) is 95.4 cm³/mol. The van der Waals surface area contributed by atoms with Gasteiger partial charge in [-0.1, -0.05) is 11.6 Å². The molecule has 0 saturated carbocycles. The first-order chi connectivity index (χ1) is 12.0. The van der Waals surface area contributed by atoms with E-state index >= 15 is 0 Å². The molecule has 0 amide bonds. The normalized spacial score (nSPS) is 11.7. The van der Waals surface area contributed by atoms with Crippen molar-refractivity contribution in [3.8, 4) is 11.5 Å². The second-order valence-electron chi connectivity index (χ2n) is 5.78. The highest BCUT2D eigenvalue weighted by Crippen LogP contribution is 2.23. The van der Waals surface area contributed by atoms with Crippen LogP contribution < -0.4 is 5.56 Å². The summed E-state index contributed by atoms with van der Waals surface area (Å²) in [6.45, 7) is 1.98. The molecule has 7 heteroatoms. The van der Waals surface area contributed by atoms with Crippen LogP contribution in [0.15, 0.2) is 52.6 Å². The summed E-state index contributed by atoms with van der Waals surface area (Å²) in [6, 6.07) is 9.96. The molecule has 4 aromatic rings. The van der Waals surface area contributed by atoms with E-state index in [2.05, 4.69) is 15.1 Å². The van der Waals surface area contributed by atoms with Gasteiger partial charge in [0.25, 0.3) is 5.56 Å². The van der Waals surface area contributed by atoms with E-state index < -0.39 is 0 Å². The van der Waals surface area contributed by atoms with Crippen LogP contribution in [-0.4, -0.2) is 31.1 Å². The third-order valence-corrected chi connectivity index (χ3v) is 3.98. The Morgan fingerprint density at radius 2 is 2.04 bits per heavy atom. The number of hydrogen-bond donors (Lipinski definition) is 3. The van der Waals surface area contributed by atoms with Gasteiger partial charge in [-0.05, 0) is 31.2 Å². The molecule has 0 spiro atoms. The minimum Gasteiger partial charge on any atom is -0.508 e. The van der Waals surface area contributed by atoms with Crippen molar-refractivity contribution in [2.45, 2.75) is 6.92 Å². The topological polar surface area (TPSA) is 104 Å². The number of H-pyrrole nitrogens is 1. The molecule has 0 atom stereocenters. The van der Waals surface area contributed by atoms with Crippen molar-refractivity contribution in [1.82, 2.24) is 14.6 Å². The third-order valence-electron chi connectivity index (χ3n) is 3.98. The predicted octanol–water partition coefficient (Wildman–Crippen LogP) is 2.48. The zero-order valence-corrected chi connectivity index (χ0v) is 13.3. The van der Waals surface area contributed by atoms with Crippen LogP contribution in [0, 0.1) is 6.92 Å². The molecular weight excluding hydrogens is 320 g/mol. The first-order valence-electron chi connectivity index (χ1n) is 7.59. The quantitative estimate of drug-likeness (QED) is 0.490. The van der Waals surface area contributed by atoms with Crippen LogP contribution in [-0.2, 0) is 0 Å². The Morgan fingerprint density at radius 3 is 2.84 bits per heavy atom. The van der Waals surface area contributed by atoms with Gasteiger partial charge in [-0.15, -0.1) is 0 Å². The van der Waals surface area contributed by atoms with Crippen molar-refractivity contribution in [2.24, 2.45) is 5.10 Å². The second kappa shape index (κ2) is 5.48. The molecule has 7 nitrogen and oxygen atoms in total. The van der Waals surface area contributed by atoms with Gasteiger partial charge in [0.2, 0.25) is 0 Å². The summed E-state index contributed by atoms with van der Waals surface area (Å²) in [7, 11) is 0. The molecule has 0 aliphatic heterocycles. The largest absolute Gasteiger partial charge is 0.508 e. The molecule has 0 fully saturated rings. The summed E-state index contributed by atoms with van der Waals surface area (Å²) < 4.78 is 1.09. The van der Waals surface area contributed by atoms with Crippen molar-refractivity contribution in [3.63, 3.8) is 0 Å². The number of phenolic OH excluding ortho intramolecular Hbond substituents is 2. The number of aromatic hydroxyl groups is 2. The van der Waals surface area contributed by atoms with Crippen LogP contribution in [0.4, 0.5) is 0 Å². The van der Waals surface area contributed by atoms with Crippen molar-refractivity contribution in [2.75, 3.05) is 0 Å².